The number of hydrogen-bond donors (Lipinski definition) is 1. The first-order valence-electron chi connectivity index (χ1n) is 9.06. The Morgan fingerprint density at radius 2 is 2.07 bits per heavy atom. The van der Waals surface area contributed by atoms with Crippen LogP contribution in [0.4, 0.5) is 8.78 Å². The maximum atomic E-state index is 13.3. The molecule has 1 aromatic heterocycles. The number of phenols is 1. The molecule has 1 N–H and O–H groups in total. The van der Waals surface area contributed by atoms with E-state index < -0.39 is 17.7 Å². The first kappa shape index (κ1) is 17.4. The predicted octanol–water partition coefficient (Wildman–Crippen LogP) is 4.65. The zero-order valence-corrected chi connectivity index (χ0v) is 15.6. The highest BCUT2D eigenvalue weighted by atomic mass is 32.1. The van der Waals surface area contributed by atoms with Crippen LogP contribution in [-0.2, 0) is 11.3 Å². The number of alkyl halides is 2. The van der Waals surface area contributed by atoms with Crippen molar-refractivity contribution in [3.05, 3.63) is 47.3 Å². The molecule has 1 aliphatic carbocycles. The number of amides is 1. The van der Waals surface area contributed by atoms with Crippen LogP contribution in [0.5, 0.6) is 11.5 Å². The normalized spacial score (nSPS) is 20.4. The molecule has 1 aliphatic heterocycles. The van der Waals surface area contributed by atoms with Crippen molar-refractivity contribution in [2.75, 3.05) is 13.2 Å². The Kier molecular flexibility index (Phi) is 3.84. The number of phenolic OH excluding ortho intramolecular Hbond substituents is 1. The van der Waals surface area contributed by atoms with Gasteiger partial charge in [-0.05, 0) is 29.1 Å². The Morgan fingerprint density at radius 1 is 1.29 bits per heavy atom. The Labute approximate surface area is 164 Å². The molecule has 28 heavy (non-hydrogen) atoms. The third-order valence-corrected chi connectivity index (χ3v) is 6.31. The number of thiophene rings is 1. The Morgan fingerprint density at radius 3 is 2.86 bits per heavy atom. The third-order valence-electron chi connectivity index (χ3n) is 5.34. The van der Waals surface area contributed by atoms with Crippen LogP contribution in [-0.4, -0.2) is 35.0 Å². The van der Waals surface area contributed by atoms with Crippen molar-refractivity contribution in [3.63, 3.8) is 0 Å². The van der Waals surface area contributed by atoms with Crippen molar-refractivity contribution < 1.29 is 23.4 Å². The largest absolute Gasteiger partial charge is 0.504 e. The smallest absolute Gasteiger partial charge is 0.260 e. The number of rotatable bonds is 2. The minimum atomic E-state index is -2.90. The maximum absolute atomic E-state index is 13.3. The van der Waals surface area contributed by atoms with Gasteiger partial charge in [0.05, 0.1) is 6.54 Å². The fourth-order valence-electron chi connectivity index (χ4n) is 3.75. The van der Waals surface area contributed by atoms with E-state index >= 15 is 0 Å². The van der Waals surface area contributed by atoms with E-state index in [2.05, 4.69) is 0 Å². The average molecular weight is 401 g/mol. The number of benzene rings is 2. The lowest BCUT2D eigenvalue weighted by molar-refractivity contribution is -0.135. The molecule has 1 fully saturated rings. The molecule has 3 aromatic rings. The van der Waals surface area contributed by atoms with Gasteiger partial charge in [-0.25, -0.2) is 8.78 Å². The average Bonchev–Trinajstić information content (AvgIpc) is 3.19. The molecule has 4 nitrogen and oxygen atoms in total. The number of halogens is 2. The van der Waals surface area contributed by atoms with Crippen LogP contribution in [0.2, 0.25) is 0 Å². The first-order chi connectivity index (χ1) is 13.4. The van der Waals surface area contributed by atoms with Crippen LogP contribution < -0.4 is 4.74 Å². The monoisotopic (exact) mass is 401 g/mol. The summed E-state index contributed by atoms with van der Waals surface area (Å²) in [4.78, 5) is 13.9. The van der Waals surface area contributed by atoms with Crippen molar-refractivity contribution in [2.45, 2.75) is 18.9 Å². The standard InChI is InChI=1S/C21H17F2NO3S/c22-21(23)9-16(21)20(26)24-5-6-27-19-13(10-24)7-12(8-17(19)25)15-11-28-18-4-2-1-3-14(15)18/h1-4,7-8,11,16,25H,5-6,9-10H2/t16-/m0/s1. The SMILES string of the molecule is O=C([C@@H]1CC1(F)F)N1CCOc2c(O)cc(-c3csc4ccccc34)cc2C1. The molecule has 0 bridgehead atoms. The van der Waals surface area contributed by atoms with Crippen molar-refractivity contribution in [1.82, 2.24) is 4.90 Å². The van der Waals surface area contributed by atoms with E-state index in [1.165, 1.54) is 4.90 Å². The van der Waals surface area contributed by atoms with Crippen LogP contribution in [0.25, 0.3) is 21.2 Å². The number of ether oxygens (including phenoxy) is 1. The van der Waals surface area contributed by atoms with Gasteiger partial charge >= 0.3 is 0 Å². The molecular formula is C21H17F2NO3S. The minimum Gasteiger partial charge on any atom is -0.504 e. The molecule has 144 valence electrons. The molecule has 2 aromatic carbocycles. The summed E-state index contributed by atoms with van der Waals surface area (Å²) in [5.41, 5.74) is 2.41. The molecule has 0 spiro atoms. The molecule has 7 heteroatoms. The summed E-state index contributed by atoms with van der Waals surface area (Å²) in [6, 6.07) is 11.5. The molecule has 5 rings (SSSR count). The topological polar surface area (TPSA) is 49.8 Å². The molecule has 0 saturated heterocycles. The zero-order valence-electron chi connectivity index (χ0n) is 14.8. The quantitative estimate of drug-likeness (QED) is 0.680. The van der Waals surface area contributed by atoms with Crippen molar-refractivity contribution in [3.8, 4) is 22.6 Å². The highest BCUT2D eigenvalue weighted by molar-refractivity contribution is 7.17. The summed E-state index contributed by atoms with van der Waals surface area (Å²) in [5, 5.41) is 13.6. The van der Waals surface area contributed by atoms with Crippen LogP contribution in [0.15, 0.2) is 41.8 Å². The Bertz CT molecular complexity index is 1090. The van der Waals surface area contributed by atoms with Gasteiger partial charge < -0.3 is 14.7 Å². The summed E-state index contributed by atoms with van der Waals surface area (Å²) < 4.78 is 33.5. The van der Waals surface area contributed by atoms with Crippen LogP contribution in [0, 0.1) is 5.92 Å². The van der Waals surface area contributed by atoms with Gasteiger partial charge in [0.2, 0.25) is 5.91 Å². The number of carbonyl (C=O) groups is 1. The number of fused-ring (bicyclic) bond motifs is 2. The van der Waals surface area contributed by atoms with Crippen molar-refractivity contribution in [2.24, 2.45) is 5.92 Å². The Hall–Kier alpha value is -2.67. The van der Waals surface area contributed by atoms with Gasteiger partial charge in [0.1, 0.15) is 12.5 Å². The lowest BCUT2D eigenvalue weighted by Gasteiger charge is -2.20. The number of carbonyl (C=O) groups excluding carboxylic acids is 1. The molecule has 1 saturated carbocycles. The lowest BCUT2D eigenvalue weighted by atomic mass is 10.0. The van der Waals surface area contributed by atoms with E-state index in [1.54, 1.807) is 17.4 Å². The molecule has 2 aliphatic rings. The molecular weight excluding hydrogens is 384 g/mol. The van der Waals surface area contributed by atoms with Gasteiger partial charge in [-0.1, -0.05) is 18.2 Å². The Balaban J connectivity index is 1.52. The highest BCUT2D eigenvalue weighted by Gasteiger charge is 2.62. The van der Waals surface area contributed by atoms with Crippen LogP contribution in [0.1, 0.15) is 12.0 Å². The summed E-state index contributed by atoms with van der Waals surface area (Å²) in [6.07, 6.45) is -0.387. The zero-order chi connectivity index (χ0) is 19.5. The fourth-order valence-corrected chi connectivity index (χ4v) is 4.72. The molecule has 0 radical (unpaired) electrons. The minimum absolute atomic E-state index is 0.00571. The van der Waals surface area contributed by atoms with E-state index in [9.17, 15) is 18.7 Å². The summed E-state index contributed by atoms with van der Waals surface area (Å²) >= 11 is 1.61. The van der Waals surface area contributed by atoms with E-state index in [0.29, 0.717) is 11.3 Å². The second-order valence-electron chi connectivity index (χ2n) is 7.26. The van der Waals surface area contributed by atoms with Gasteiger partial charge in [-0.3, -0.25) is 4.79 Å². The maximum Gasteiger partial charge on any atom is 0.260 e. The second-order valence-corrected chi connectivity index (χ2v) is 8.17. The van der Waals surface area contributed by atoms with E-state index in [0.717, 1.165) is 21.2 Å². The third kappa shape index (κ3) is 2.81. The van der Waals surface area contributed by atoms with Crippen LogP contribution >= 0.6 is 11.3 Å². The molecule has 2 heterocycles. The van der Waals surface area contributed by atoms with E-state index in [1.807, 2.05) is 35.7 Å². The predicted molar refractivity (Wildman–Crippen MR) is 103 cm³/mol. The summed E-state index contributed by atoms with van der Waals surface area (Å²) in [5.74, 6) is -4.36. The van der Waals surface area contributed by atoms with Gasteiger partial charge in [-0.15, -0.1) is 11.3 Å². The van der Waals surface area contributed by atoms with E-state index in [4.69, 9.17) is 4.74 Å². The molecule has 1 atom stereocenters. The summed E-state index contributed by atoms with van der Waals surface area (Å²) in [7, 11) is 0. The first-order valence-corrected chi connectivity index (χ1v) is 9.94. The number of nitrogens with zero attached hydrogens (tertiary/aromatic N) is 1. The lowest BCUT2D eigenvalue weighted by Crippen LogP contribution is -2.34. The van der Waals surface area contributed by atoms with Gasteiger partial charge in [0, 0.05) is 34.2 Å². The van der Waals surface area contributed by atoms with Gasteiger partial charge in [0.25, 0.3) is 5.92 Å². The molecule has 0 unspecified atom stereocenters. The van der Waals surface area contributed by atoms with Crippen molar-refractivity contribution >= 4 is 27.3 Å². The fraction of sp³-hybridized carbons (Fsp3) is 0.286. The van der Waals surface area contributed by atoms with Gasteiger partial charge in [-0.2, -0.15) is 0 Å². The van der Waals surface area contributed by atoms with Crippen molar-refractivity contribution in [1.29, 1.82) is 0 Å². The second kappa shape index (κ2) is 6.17. The van der Waals surface area contributed by atoms with E-state index in [-0.39, 0.29) is 31.9 Å². The highest BCUT2D eigenvalue weighted by Crippen LogP contribution is 2.50. The number of hydrogen-bond acceptors (Lipinski definition) is 4. The molecule has 1 amide bonds. The van der Waals surface area contributed by atoms with Gasteiger partial charge in [0.15, 0.2) is 11.5 Å². The van der Waals surface area contributed by atoms with Crippen LogP contribution in [0.3, 0.4) is 0 Å². The number of aromatic hydroxyl groups is 1. The summed E-state index contributed by atoms with van der Waals surface area (Å²) in [6.45, 7) is 0.520.